The first-order chi connectivity index (χ1) is 5.99. The third-order valence-corrected chi connectivity index (χ3v) is 2.78. The summed E-state index contributed by atoms with van der Waals surface area (Å²) in [5.74, 6) is 1.25. The van der Waals surface area contributed by atoms with Crippen molar-refractivity contribution in [2.24, 2.45) is 11.8 Å². The second-order valence-corrected chi connectivity index (χ2v) is 4.33. The average Bonchev–Trinajstić information content (AvgIpc) is 2.04. The van der Waals surface area contributed by atoms with Crippen molar-refractivity contribution in [2.75, 3.05) is 0 Å². The van der Waals surface area contributed by atoms with Crippen molar-refractivity contribution in [1.82, 2.24) is 0 Å². The molecule has 0 heterocycles. The lowest BCUT2D eigenvalue weighted by Gasteiger charge is -2.20. The van der Waals surface area contributed by atoms with E-state index in [2.05, 4.69) is 33.8 Å². The van der Waals surface area contributed by atoms with Crippen molar-refractivity contribution in [2.45, 2.75) is 53.6 Å². The highest BCUT2D eigenvalue weighted by atomic mass is 16.3. The fraction of sp³-hybridized carbons (Fsp3) is 0.833. The molecule has 0 rings (SSSR count). The van der Waals surface area contributed by atoms with Crippen LogP contribution in [0.1, 0.15) is 47.5 Å². The Labute approximate surface area is 82.9 Å². The zero-order valence-electron chi connectivity index (χ0n) is 9.67. The lowest BCUT2D eigenvalue weighted by atomic mass is 9.90. The molecule has 0 aliphatic rings. The molecule has 0 bridgehead atoms. The predicted octanol–water partition coefficient (Wildman–Crippen LogP) is 3.39. The molecule has 0 amide bonds. The van der Waals surface area contributed by atoms with Gasteiger partial charge in [-0.1, -0.05) is 33.8 Å². The van der Waals surface area contributed by atoms with Crippen LogP contribution < -0.4 is 0 Å². The third-order valence-electron chi connectivity index (χ3n) is 2.78. The fourth-order valence-corrected chi connectivity index (χ4v) is 1.27. The van der Waals surface area contributed by atoms with E-state index in [1.165, 1.54) is 0 Å². The van der Waals surface area contributed by atoms with Crippen LogP contribution in [0.25, 0.3) is 0 Å². The first-order valence-electron chi connectivity index (χ1n) is 5.33. The summed E-state index contributed by atoms with van der Waals surface area (Å²) < 4.78 is 0. The lowest BCUT2D eigenvalue weighted by molar-refractivity contribution is 0.165. The van der Waals surface area contributed by atoms with E-state index in [-0.39, 0.29) is 6.10 Å². The molecule has 0 saturated heterocycles. The topological polar surface area (TPSA) is 20.2 Å². The lowest BCUT2D eigenvalue weighted by Crippen LogP contribution is -2.16. The SMILES string of the molecule is CC/C=C(\C)C(O)CC(C)C(C)C. The standard InChI is InChI=1S/C12H24O/c1-6-7-10(4)12(13)8-11(5)9(2)3/h7,9,11-13H,6,8H2,1-5H3/b10-7+. The largest absolute Gasteiger partial charge is 0.389 e. The molecule has 0 fully saturated rings. The van der Waals surface area contributed by atoms with E-state index in [1.54, 1.807) is 0 Å². The minimum absolute atomic E-state index is 0.239. The molecule has 0 saturated carbocycles. The molecule has 13 heavy (non-hydrogen) atoms. The molecule has 1 nitrogen and oxygen atoms in total. The van der Waals surface area contributed by atoms with Gasteiger partial charge in [0.15, 0.2) is 0 Å². The van der Waals surface area contributed by atoms with Gasteiger partial charge in [-0.2, -0.15) is 0 Å². The molecule has 1 heteroatoms. The zero-order chi connectivity index (χ0) is 10.4. The second kappa shape index (κ2) is 6.20. The summed E-state index contributed by atoms with van der Waals surface area (Å²) in [7, 11) is 0. The minimum Gasteiger partial charge on any atom is -0.389 e. The number of hydrogen-bond acceptors (Lipinski definition) is 1. The molecular weight excluding hydrogens is 160 g/mol. The monoisotopic (exact) mass is 184 g/mol. The first-order valence-corrected chi connectivity index (χ1v) is 5.33. The van der Waals surface area contributed by atoms with Gasteiger partial charge in [-0.15, -0.1) is 0 Å². The number of allylic oxidation sites excluding steroid dienone is 1. The van der Waals surface area contributed by atoms with Crippen molar-refractivity contribution in [3.63, 3.8) is 0 Å². The smallest absolute Gasteiger partial charge is 0.0750 e. The third kappa shape index (κ3) is 5.09. The number of aliphatic hydroxyl groups is 1. The van der Waals surface area contributed by atoms with Crippen LogP contribution in [0.15, 0.2) is 11.6 Å². The van der Waals surface area contributed by atoms with E-state index in [1.807, 2.05) is 6.92 Å². The average molecular weight is 184 g/mol. The molecule has 0 spiro atoms. The van der Waals surface area contributed by atoms with Gasteiger partial charge < -0.3 is 5.11 Å². The highest BCUT2D eigenvalue weighted by Crippen LogP contribution is 2.19. The summed E-state index contributed by atoms with van der Waals surface area (Å²) in [6, 6.07) is 0. The summed E-state index contributed by atoms with van der Waals surface area (Å²) in [6.45, 7) is 10.7. The van der Waals surface area contributed by atoms with Crippen molar-refractivity contribution in [3.05, 3.63) is 11.6 Å². The Hall–Kier alpha value is -0.300. The van der Waals surface area contributed by atoms with E-state index >= 15 is 0 Å². The van der Waals surface area contributed by atoms with Gasteiger partial charge in [0.1, 0.15) is 0 Å². The van der Waals surface area contributed by atoms with Gasteiger partial charge in [0.2, 0.25) is 0 Å². The Balaban J connectivity index is 3.99. The van der Waals surface area contributed by atoms with E-state index in [9.17, 15) is 5.11 Å². The number of hydrogen-bond donors (Lipinski definition) is 1. The Morgan fingerprint density at radius 3 is 2.23 bits per heavy atom. The Morgan fingerprint density at radius 1 is 1.31 bits per heavy atom. The van der Waals surface area contributed by atoms with Gasteiger partial charge >= 0.3 is 0 Å². The Bertz CT molecular complexity index is 159. The molecule has 0 radical (unpaired) electrons. The maximum absolute atomic E-state index is 9.80. The zero-order valence-corrected chi connectivity index (χ0v) is 9.67. The molecule has 0 aromatic heterocycles. The summed E-state index contributed by atoms with van der Waals surface area (Å²) in [5, 5.41) is 9.80. The summed E-state index contributed by atoms with van der Waals surface area (Å²) in [4.78, 5) is 0. The summed E-state index contributed by atoms with van der Waals surface area (Å²) in [6.07, 6.45) is 3.77. The highest BCUT2D eigenvalue weighted by Gasteiger charge is 2.13. The van der Waals surface area contributed by atoms with E-state index < -0.39 is 0 Å². The quantitative estimate of drug-likeness (QED) is 0.649. The Morgan fingerprint density at radius 2 is 1.85 bits per heavy atom. The van der Waals surface area contributed by atoms with Crippen LogP contribution >= 0.6 is 0 Å². The van der Waals surface area contributed by atoms with E-state index in [0.29, 0.717) is 11.8 Å². The van der Waals surface area contributed by atoms with Crippen LogP contribution in [0.5, 0.6) is 0 Å². The summed E-state index contributed by atoms with van der Waals surface area (Å²) >= 11 is 0. The van der Waals surface area contributed by atoms with E-state index in [0.717, 1.165) is 18.4 Å². The maximum Gasteiger partial charge on any atom is 0.0750 e. The molecule has 2 unspecified atom stereocenters. The molecule has 1 N–H and O–H groups in total. The van der Waals surface area contributed by atoms with Crippen LogP contribution in [0.4, 0.5) is 0 Å². The molecule has 2 atom stereocenters. The highest BCUT2D eigenvalue weighted by molar-refractivity contribution is 5.04. The minimum atomic E-state index is -0.239. The van der Waals surface area contributed by atoms with Gasteiger partial charge in [0.05, 0.1) is 6.10 Å². The molecule has 0 aromatic carbocycles. The predicted molar refractivity (Wildman–Crippen MR) is 58.7 cm³/mol. The van der Waals surface area contributed by atoms with E-state index in [4.69, 9.17) is 0 Å². The second-order valence-electron chi connectivity index (χ2n) is 4.33. The Kier molecular flexibility index (Phi) is 6.06. The molecule has 0 aromatic rings. The maximum atomic E-state index is 9.80. The van der Waals surface area contributed by atoms with Crippen molar-refractivity contribution < 1.29 is 5.11 Å². The van der Waals surface area contributed by atoms with Crippen LogP contribution in [-0.4, -0.2) is 11.2 Å². The van der Waals surface area contributed by atoms with Crippen LogP contribution in [0, 0.1) is 11.8 Å². The van der Waals surface area contributed by atoms with Crippen molar-refractivity contribution in [3.8, 4) is 0 Å². The van der Waals surface area contributed by atoms with Crippen molar-refractivity contribution >= 4 is 0 Å². The molecule has 78 valence electrons. The summed E-state index contributed by atoms with van der Waals surface area (Å²) in [5.41, 5.74) is 1.12. The normalized spacial score (nSPS) is 17.6. The van der Waals surface area contributed by atoms with Gasteiger partial charge in [-0.05, 0) is 37.2 Å². The number of rotatable bonds is 5. The fourth-order valence-electron chi connectivity index (χ4n) is 1.27. The van der Waals surface area contributed by atoms with Crippen molar-refractivity contribution in [1.29, 1.82) is 0 Å². The van der Waals surface area contributed by atoms with Gasteiger partial charge in [-0.3, -0.25) is 0 Å². The van der Waals surface area contributed by atoms with Gasteiger partial charge in [0, 0.05) is 0 Å². The van der Waals surface area contributed by atoms with Gasteiger partial charge in [0.25, 0.3) is 0 Å². The van der Waals surface area contributed by atoms with Crippen LogP contribution in [0.2, 0.25) is 0 Å². The molecule has 0 aliphatic heterocycles. The molecular formula is C12H24O. The van der Waals surface area contributed by atoms with Crippen LogP contribution in [0.3, 0.4) is 0 Å². The van der Waals surface area contributed by atoms with Gasteiger partial charge in [-0.25, -0.2) is 0 Å². The number of aliphatic hydroxyl groups excluding tert-OH is 1. The molecule has 0 aliphatic carbocycles. The first kappa shape index (κ1) is 12.7. The van der Waals surface area contributed by atoms with Crippen LogP contribution in [-0.2, 0) is 0 Å².